The number of nitro benzene ring substituents is 1. The minimum atomic E-state index is -3.96. The van der Waals surface area contributed by atoms with Crippen molar-refractivity contribution in [2.75, 3.05) is 13.1 Å². The molecule has 1 N–H and O–H groups in total. The average Bonchev–Trinajstić information content (AvgIpc) is 2.83. The number of esters is 1. The first-order valence-corrected chi connectivity index (χ1v) is 12.3. The van der Waals surface area contributed by atoms with E-state index in [2.05, 4.69) is 5.32 Å². The van der Waals surface area contributed by atoms with Crippen LogP contribution in [-0.4, -0.2) is 48.7 Å². The molecule has 0 spiro atoms. The van der Waals surface area contributed by atoms with Crippen LogP contribution in [-0.2, 0) is 30.9 Å². The van der Waals surface area contributed by atoms with Crippen LogP contribution in [0.5, 0.6) is 0 Å². The number of aryl methyl sites for hydroxylation is 1. The van der Waals surface area contributed by atoms with Crippen LogP contribution in [0.15, 0.2) is 53.4 Å². The second-order valence-corrected chi connectivity index (χ2v) is 10.1. The molecule has 1 fully saturated rings. The number of piperidine rings is 1. The van der Waals surface area contributed by atoms with Gasteiger partial charge in [0, 0.05) is 31.8 Å². The number of nitrogens with zero attached hydrogens (tertiary/aromatic N) is 2. The lowest BCUT2D eigenvalue weighted by atomic mass is 9.98. The van der Waals surface area contributed by atoms with Crippen molar-refractivity contribution in [2.24, 2.45) is 5.92 Å². The maximum atomic E-state index is 13.0. The molecule has 0 saturated carbocycles. The van der Waals surface area contributed by atoms with Crippen LogP contribution >= 0.6 is 0 Å². The van der Waals surface area contributed by atoms with Crippen LogP contribution in [0.3, 0.4) is 0 Å². The third-order valence-electron chi connectivity index (χ3n) is 5.76. The monoisotopic (exact) mass is 489 g/mol. The summed E-state index contributed by atoms with van der Waals surface area (Å²) < 4.78 is 32.6. The summed E-state index contributed by atoms with van der Waals surface area (Å²) in [6, 6.07) is 13.0. The molecule has 0 bridgehead atoms. The van der Waals surface area contributed by atoms with Crippen LogP contribution < -0.4 is 5.32 Å². The number of amides is 1. The minimum absolute atomic E-state index is 0.0683. The predicted octanol–water partition coefficient (Wildman–Crippen LogP) is 2.55. The highest BCUT2D eigenvalue weighted by molar-refractivity contribution is 7.89. The standard InChI is InChI=1S/C23H27N3O7S/c1-16-8-9-20(26(29)30)14-21(16)34(31,32)25-12-10-19(11-13-25)23(28)33-17(2)22(27)24-15-18-6-4-3-5-7-18/h3-9,14,17,19H,10-13,15H2,1-2H3,(H,24,27)/t17-/m0/s1. The molecule has 34 heavy (non-hydrogen) atoms. The van der Waals surface area contributed by atoms with E-state index in [0.717, 1.165) is 11.6 Å². The number of carbonyl (C=O) groups is 2. The summed E-state index contributed by atoms with van der Waals surface area (Å²) in [4.78, 5) is 35.1. The Morgan fingerprint density at radius 3 is 2.44 bits per heavy atom. The number of sulfonamides is 1. The molecule has 0 radical (unpaired) electrons. The van der Waals surface area contributed by atoms with Gasteiger partial charge < -0.3 is 10.1 Å². The molecule has 1 heterocycles. The van der Waals surface area contributed by atoms with Gasteiger partial charge in [-0.1, -0.05) is 36.4 Å². The van der Waals surface area contributed by atoms with E-state index < -0.39 is 38.8 Å². The van der Waals surface area contributed by atoms with Crippen molar-refractivity contribution in [1.29, 1.82) is 0 Å². The van der Waals surface area contributed by atoms with Crippen molar-refractivity contribution >= 4 is 27.6 Å². The molecule has 3 rings (SSSR count). The van der Waals surface area contributed by atoms with Gasteiger partial charge in [0.15, 0.2) is 6.10 Å². The van der Waals surface area contributed by atoms with Gasteiger partial charge in [-0.15, -0.1) is 0 Å². The maximum Gasteiger partial charge on any atom is 0.309 e. The molecule has 10 nitrogen and oxygen atoms in total. The number of benzene rings is 2. The second-order valence-electron chi connectivity index (χ2n) is 8.17. The molecule has 0 aromatic heterocycles. The average molecular weight is 490 g/mol. The number of nitrogens with one attached hydrogen (secondary N) is 1. The smallest absolute Gasteiger partial charge is 0.309 e. The molecule has 1 saturated heterocycles. The van der Waals surface area contributed by atoms with Crippen LogP contribution in [0.1, 0.15) is 30.9 Å². The van der Waals surface area contributed by atoms with Gasteiger partial charge in [-0.3, -0.25) is 19.7 Å². The number of carbonyl (C=O) groups excluding carboxylic acids is 2. The molecule has 1 atom stereocenters. The van der Waals surface area contributed by atoms with E-state index in [-0.39, 0.29) is 36.5 Å². The molecule has 1 aliphatic rings. The summed E-state index contributed by atoms with van der Waals surface area (Å²) >= 11 is 0. The zero-order valence-corrected chi connectivity index (χ0v) is 19.8. The fourth-order valence-electron chi connectivity index (χ4n) is 3.70. The molecule has 2 aromatic carbocycles. The van der Waals surface area contributed by atoms with Crippen LogP contribution in [0, 0.1) is 23.0 Å². The van der Waals surface area contributed by atoms with E-state index in [1.807, 2.05) is 30.3 Å². The van der Waals surface area contributed by atoms with Crippen molar-refractivity contribution in [3.8, 4) is 0 Å². The molecule has 2 aromatic rings. The number of hydrogen-bond acceptors (Lipinski definition) is 7. The van der Waals surface area contributed by atoms with Crippen molar-refractivity contribution in [3.05, 3.63) is 69.8 Å². The van der Waals surface area contributed by atoms with Gasteiger partial charge >= 0.3 is 5.97 Å². The number of hydrogen-bond donors (Lipinski definition) is 1. The van der Waals surface area contributed by atoms with Gasteiger partial charge in [0.1, 0.15) is 0 Å². The highest BCUT2D eigenvalue weighted by atomic mass is 32.2. The van der Waals surface area contributed by atoms with Crippen molar-refractivity contribution in [2.45, 2.75) is 44.2 Å². The molecule has 11 heteroatoms. The highest BCUT2D eigenvalue weighted by Gasteiger charge is 2.35. The summed E-state index contributed by atoms with van der Waals surface area (Å²) in [5.41, 5.74) is 1.02. The van der Waals surface area contributed by atoms with Gasteiger partial charge in [0.05, 0.1) is 15.7 Å². The molecule has 1 aliphatic heterocycles. The predicted molar refractivity (Wildman–Crippen MR) is 123 cm³/mol. The van der Waals surface area contributed by atoms with Gasteiger partial charge in [-0.2, -0.15) is 4.31 Å². The van der Waals surface area contributed by atoms with E-state index in [9.17, 15) is 28.1 Å². The number of ether oxygens (including phenoxy) is 1. The van der Waals surface area contributed by atoms with E-state index in [1.165, 1.54) is 23.4 Å². The van der Waals surface area contributed by atoms with E-state index in [4.69, 9.17) is 4.74 Å². The Morgan fingerprint density at radius 2 is 1.82 bits per heavy atom. The summed E-state index contributed by atoms with van der Waals surface area (Å²) in [5.74, 6) is -1.51. The molecule has 0 aliphatic carbocycles. The Kier molecular flexibility index (Phi) is 8.00. The van der Waals surface area contributed by atoms with Gasteiger partial charge in [0.25, 0.3) is 11.6 Å². The fourth-order valence-corrected chi connectivity index (χ4v) is 5.42. The molecule has 1 amide bonds. The Labute approximate surface area is 198 Å². The Morgan fingerprint density at radius 1 is 1.18 bits per heavy atom. The number of non-ortho nitro benzene ring substituents is 1. The SMILES string of the molecule is Cc1ccc([N+](=O)[O-])cc1S(=O)(=O)N1CCC(C(=O)O[C@@H](C)C(=O)NCc2ccccc2)CC1. The summed E-state index contributed by atoms with van der Waals surface area (Å²) in [5, 5.41) is 13.8. The molecular formula is C23H27N3O7S. The van der Waals surface area contributed by atoms with Gasteiger partial charge in [0.2, 0.25) is 10.0 Å². The quantitative estimate of drug-likeness (QED) is 0.342. The largest absolute Gasteiger partial charge is 0.452 e. The highest BCUT2D eigenvalue weighted by Crippen LogP contribution is 2.28. The summed E-state index contributed by atoms with van der Waals surface area (Å²) in [6.45, 7) is 3.51. The first-order chi connectivity index (χ1) is 16.1. The minimum Gasteiger partial charge on any atom is -0.452 e. The molecule has 0 unspecified atom stereocenters. The Hall–Kier alpha value is -3.31. The van der Waals surface area contributed by atoms with E-state index in [1.54, 1.807) is 6.92 Å². The second kappa shape index (κ2) is 10.7. The lowest BCUT2D eigenvalue weighted by Gasteiger charge is -2.30. The lowest BCUT2D eigenvalue weighted by Crippen LogP contribution is -2.42. The molecular weight excluding hydrogens is 462 g/mol. The topological polar surface area (TPSA) is 136 Å². The molecule has 182 valence electrons. The Bertz CT molecular complexity index is 1160. The normalized spacial score (nSPS) is 15.9. The van der Waals surface area contributed by atoms with Crippen molar-refractivity contribution in [3.63, 3.8) is 0 Å². The van der Waals surface area contributed by atoms with E-state index >= 15 is 0 Å². The van der Waals surface area contributed by atoms with Gasteiger partial charge in [-0.25, -0.2) is 8.42 Å². The van der Waals surface area contributed by atoms with Gasteiger partial charge in [-0.05, 0) is 37.8 Å². The third kappa shape index (κ3) is 5.97. The van der Waals surface area contributed by atoms with E-state index in [0.29, 0.717) is 12.1 Å². The van der Waals surface area contributed by atoms with Crippen LogP contribution in [0.4, 0.5) is 5.69 Å². The zero-order valence-electron chi connectivity index (χ0n) is 19.0. The van der Waals surface area contributed by atoms with Crippen LogP contribution in [0.2, 0.25) is 0 Å². The fraction of sp³-hybridized carbons (Fsp3) is 0.391. The first-order valence-electron chi connectivity index (χ1n) is 10.9. The lowest BCUT2D eigenvalue weighted by molar-refractivity contribution is -0.385. The third-order valence-corrected chi connectivity index (χ3v) is 7.80. The number of nitro groups is 1. The van der Waals surface area contributed by atoms with Crippen LogP contribution in [0.25, 0.3) is 0 Å². The first kappa shape index (κ1) is 25.3. The summed E-state index contributed by atoms with van der Waals surface area (Å²) in [7, 11) is -3.96. The van der Waals surface area contributed by atoms with Crippen molar-refractivity contribution < 1.29 is 27.7 Å². The maximum absolute atomic E-state index is 13.0. The van der Waals surface area contributed by atoms with Crippen molar-refractivity contribution in [1.82, 2.24) is 9.62 Å². The number of rotatable bonds is 8. The zero-order chi connectivity index (χ0) is 24.9. The summed E-state index contributed by atoms with van der Waals surface area (Å²) in [6.07, 6.45) is -0.528. The Balaban J connectivity index is 1.54.